The Hall–Kier alpha value is 0. The maximum Gasteiger partial charge on any atom is -0.0386 e. The molecule has 0 aromatic heterocycles. The molecule has 194 valence electrons. The van der Waals surface area contributed by atoms with E-state index in [1.165, 1.54) is 116 Å². The predicted molar refractivity (Wildman–Crippen MR) is 148 cm³/mol. The van der Waals surface area contributed by atoms with Crippen molar-refractivity contribution in [1.82, 2.24) is 0 Å². The van der Waals surface area contributed by atoms with Crippen molar-refractivity contribution >= 4 is 0 Å². The maximum atomic E-state index is 2.51. The highest BCUT2D eigenvalue weighted by atomic mass is 14.3. The first-order chi connectivity index (χ1) is 16.3. The van der Waals surface area contributed by atoms with Crippen LogP contribution in [0.25, 0.3) is 0 Å². The van der Waals surface area contributed by atoms with Gasteiger partial charge in [0.05, 0.1) is 0 Å². The van der Waals surface area contributed by atoms with Crippen molar-refractivity contribution in [3.05, 3.63) is 0 Å². The van der Waals surface area contributed by atoms with Gasteiger partial charge in [-0.3, -0.25) is 0 Å². The minimum absolute atomic E-state index is 0.985. The highest BCUT2D eigenvalue weighted by Crippen LogP contribution is 2.39. The summed E-state index contributed by atoms with van der Waals surface area (Å²) in [6, 6.07) is 0. The Labute approximate surface area is 209 Å². The number of hydrogen-bond donors (Lipinski definition) is 0. The van der Waals surface area contributed by atoms with Crippen LogP contribution in [-0.4, -0.2) is 0 Å². The van der Waals surface area contributed by atoms with Crippen molar-refractivity contribution in [3.8, 4) is 0 Å². The molecular weight excluding hydrogens is 396 g/mol. The van der Waals surface area contributed by atoms with E-state index in [9.17, 15) is 0 Å². The minimum Gasteiger partial charge on any atom is -0.0625 e. The summed E-state index contributed by atoms with van der Waals surface area (Å²) in [6.07, 6.45) is 41.4. The molecule has 0 amide bonds. The van der Waals surface area contributed by atoms with E-state index in [0.717, 1.165) is 29.6 Å². The predicted octanol–water partition coefficient (Wildman–Crippen LogP) is 11.7. The van der Waals surface area contributed by atoms with Crippen LogP contribution in [0, 0.1) is 29.6 Å². The molecule has 0 aromatic carbocycles. The largest absolute Gasteiger partial charge is 0.0625 e. The zero-order chi connectivity index (χ0) is 23.0. The van der Waals surface area contributed by atoms with E-state index in [2.05, 4.69) is 6.92 Å². The lowest BCUT2D eigenvalue weighted by molar-refractivity contribution is 0.198. The molecule has 0 saturated heterocycles. The van der Waals surface area contributed by atoms with Gasteiger partial charge in [-0.15, -0.1) is 0 Å². The molecule has 0 N–H and O–H groups in total. The lowest BCUT2D eigenvalue weighted by Gasteiger charge is -2.32. The number of rotatable bonds is 2. The first kappa shape index (κ1) is 27.6. The third kappa shape index (κ3) is 11.5. The summed E-state index contributed by atoms with van der Waals surface area (Å²) < 4.78 is 0. The molecule has 4 atom stereocenters. The Kier molecular flexibility index (Phi) is 14.6. The van der Waals surface area contributed by atoms with Gasteiger partial charge in [0.1, 0.15) is 0 Å². The molecule has 3 saturated carbocycles. The topological polar surface area (TPSA) is 0 Å². The molecule has 3 aliphatic rings. The molecule has 0 heteroatoms. The van der Waals surface area contributed by atoms with E-state index in [1.54, 1.807) is 57.8 Å². The molecule has 0 aromatic rings. The number of hydrogen-bond acceptors (Lipinski definition) is 0. The van der Waals surface area contributed by atoms with Crippen LogP contribution in [0.5, 0.6) is 0 Å². The Balaban J connectivity index is 1.51. The standard InChI is InChI=1S/C33H62/c1-29-19-10-8-13-23-31(26-17-16-20-29)33-25-15-9-14-24-32(27-18-28-33)30-21-11-6-4-2-3-5-7-12-22-30/h29-33H,2-28H2,1H3. The Morgan fingerprint density at radius 2 is 0.455 bits per heavy atom. The Morgan fingerprint density at radius 3 is 0.848 bits per heavy atom. The highest BCUT2D eigenvalue weighted by molar-refractivity contribution is 4.77. The van der Waals surface area contributed by atoms with E-state index in [4.69, 9.17) is 0 Å². The molecule has 3 fully saturated rings. The average molecular weight is 459 g/mol. The van der Waals surface area contributed by atoms with Crippen molar-refractivity contribution in [2.45, 2.75) is 180 Å². The van der Waals surface area contributed by atoms with E-state index < -0.39 is 0 Å². The van der Waals surface area contributed by atoms with E-state index in [1.807, 2.05) is 0 Å². The van der Waals surface area contributed by atoms with Gasteiger partial charge in [-0.2, -0.15) is 0 Å². The highest BCUT2D eigenvalue weighted by Gasteiger charge is 2.25. The van der Waals surface area contributed by atoms with Crippen molar-refractivity contribution in [3.63, 3.8) is 0 Å². The molecule has 3 rings (SSSR count). The van der Waals surface area contributed by atoms with Crippen LogP contribution in [0.4, 0.5) is 0 Å². The molecule has 0 bridgehead atoms. The SMILES string of the molecule is CC1CCCCCC(C2CCCCCC(C3CCCCCCCCCC3)CCC2)CCCC1. The summed E-state index contributed by atoms with van der Waals surface area (Å²) in [5.74, 6) is 5.25. The van der Waals surface area contributed by atoms with Gasteiger partial charge in [-0.05, 0) is 29.6 Å². The van der Waals surface area contributed by atoms with Crippen LogP contribution in [0.2, 0.25) is 0 Å². The summed E-state index contributed by atoms with van der Waals surface area (Å²) in [5, 5.41) is 0. The van der Waals surface area contributed by atoms with E-state index >= 15 is 0 Å². The molecule has 3 aliphatic carbocycles. The summed E-state index contributed by atoms with van der Waals surface area (Å²) in [7, 11) is 0. The van der Waals surface area contributed by atoms with Gasteiger partial charge in [0.25, 0.3) is 0 Å². The van der Waals surface area contributed by atoms with Gasteiger partial charge in [-0.25, -0.2) is 0 Å². The van der Waals surface area contributed by atoms with Crippen LogP contribution in [0.1, 0.15) is 180 Å². The normalized spacial score (nSPS) is 34.5. The van der Waals surface area contributed by atoms with Gasteiger partial charge in [0.15, 0.2) is 0 Å². The van der Waals surface area contributed by atoms with Crippen LogP contribution >= 0.6 is 0 Å². The summed E-state index contributed by atoms with van der Waals surface area (Å²) in [5.41, 5.74) is 0. The molecule has 4 unspecified atom stereocenters. The third-order valence-electron chi connectivity index (χ3n) is 10.3. The van der Waals surface area contributed by atoms with Crippen molar-refractivity contribution in [2.24, 2.45) is 29.6 Å². The zero-order valence-electron chi connectivity index (χ0n) is 23.0. The van der Waals surface area contributed by atoms with Crippen molar-refractivity contribution < 1.29 is 0 Å². The average Bonchev–Trinajstić information content (AvgIpc) is 2.92. The van der Waals surface area contributed by atoms with Gasteiger partial charge in [0.2, 0.25) is 0 Å². The molecule has 0 radical (unpaired) electrons. The molecule has 0 spiro atoms. The third-order valence-corrected chi connectivity index (χ3v) is 10.3. The molecular formula is C33H62. The lowest BCUT2D eigenvalue weighted by atomic mass is 9.74. The smallest absolute Gasteiger partial charge is 0.0386 e. The fourth-order valence-corrected chi connectivity index (χ4v) is 8.09. The van der Waals surface area contributed by atoms with Gasteiger partial charge < -0.3 is 0 Å². The summed E-state index contributed by atoms with van der Waals surface area (Å²) >= 11 is 0. The summed E-state index contributed by atoms with van der Waals surface area (Å²) in [4.78, 5) is 0. The second-order valence-corrected chi connectivity index (χ2v) is 13.0. The van der Waals surface area contributed by atoms with Crippen LogP contribution in [-0.2, 0) is 0 Å². The second-order valence-electron chi connectivity index (χ2n) is 13.0. The van der Waals surface area contributed by atoms with Crippen LogP contribution < -0.4 is 0 Å². The van der Waals surface area contributed by atoms with Gasteiger partial charge >= 0.3 is 0 Å². The molecule has 0 nitrogen and oxygen atoms in total. The van der Waals surface area contributed by atoms with E-state index in [-0.39, 0.29) is 0 Å². The maximum absolute atomic E-state index is 2.51. The molecule has 0 heterocycles. The molecule has 33 heavy (non-hydrogen) atoms. The van der Waals surface area contributed by atoms with Crippen molar-refractivity contribution in [1.29, 1.82) is 0 Å². The van der Waals surface area contributed by atoms with Crippen LogP contribution in [0.3, 0.4) is 0 Å². The van der Waals surface area contributed by atoms with Crippen molar-refractivity contribution in [2.75, 3.05) is 0 Å². The Morgan fingerprint density at radius 1 is 0.242 bits per heavy atom. The molecule has 0 aliphatic heterocycles. The quantitative estimate of drug-likeness (QED) is 0.386. The lowest BCUT2D eigenvalue weighted by Crippen LogP contribution is -2.20. The van der Waals surface area contributed by atoms with Gasteiger partial charge in [0, 0.05) is 0 Å². The minimum atomic E-state index is 0.985. The Bertz CT molecular complexity index is 441. The fraction of sp³-hybridized carbons (Fsp3) is 1.00. The van der Waals surface area contributed by atoms with Gasteiger partial charge in [-0.1, -0.05) is 180 Å². The fourth-order valence-electron chi connectivity index (χ4n) is 8.09. The monoisotopic (exact) mass is 458 g/mol. The zero-order valence-corrected chi connectivity index (χ0v) is 23.0. The first-order valence-corrected chi connectivity index (χ1v) is 16.3. The van der Waals surface area contributed by atoms with Crippen LogP contribution in [0.15, 0.2) is 0 Å². The second kappa shape index (κ2) is 17.4. The van der Waals surface area contributed by atoms with E-state index in [0.29, 0.717) is 0 Å². The summed E-state index contributed by atoms with van der Waals surface area (Å²) in [6.45, 7) is 2.51. The first-order valence-electron chi connectivity index (χ1n) is 16.3.